The normalized spacial score (nSPS) is 12.6. The molecule has 0 aliphatic carbocycles. The minimum atomic E-state index is -0.785. The Morgan fingerprint density at radius 1 is 0.273 bits per heavy atom. The number of esters is 3. The van der Waals surface area contributed by atoms with Gasteiger partial charge in [0.25, 0.3) is 0 Å². The van der Waals surface area contributed by atoms with E-state index in [4.69, 9.17) is 14.2 Å². The molecule has 0 saturated heterocycles. The summed E-state index contributed by atoms with van der Waals surface area (Å²) in [5, 5.41) is 0. The number of carbonyl (C=O) groups is 3. The summed E-state index contributed by atoms with van der Waals surface area (Å²) in [6.07, 6.45) is 85.9. The minimum absolute atomic E-state index is 0.0816. The highest BCUT2D eigenvalue weighted by Crippen LogP contribution is 2.17. The van der Waals surface area contributed by atoms with Gasteiger partial charge in [0.2, 0.25) is 0 Å². The smallest absolute Gasteiger partial charge is 0.306 e. The van der Waals surface area contributed by atoms with Crippen LogP contribution in [-0.4, -0.2) is 37.2 Å². The first-order valence-electron chi connectivity index (χ1n) is 33.1. The molecular formula is C71H124O6. The van der Waals surface area contributed by atoms with Crippen LogP contribution in [0.3, 0.4) is 0 Å². The number of ether oxygens (including phenoxy) is 3. The number of carbonyl (C=O) groups excluding carboxylic acids is 3. The summed E-state index contributed by atoms with van der Waals surface area (Å²) >= 11 is 0. The molecule has 0 rings (SSSR count). The fourth-order valence-electron chi connectivity index (χ4n) is 9.45. The highest BCUT2D eigenvalue weighted by Gasteiger charge is 2.19. The van der Waals surface area contributed by atoms with Crippen molar-refractivity contribution in [2.45, 2.75) is 335 Å². The Kier molecular flexibility index (Phi) is 62.2. The Labute approximate surface area is 477 Å². The first-order valence-corrected chi connectivity index (χ1v) is 33.1. The van der Waals surface area contributed by atoms with Gasteiger partial charge < -0.3 is 14.2 Å². The molecule has 0 bridgehead atoms. The van der Waals surface area contributed by atoms with Gasteiger partial charge in [-0.25, -0.2) is 0 Å². The fourth-order valence-corrected chi connectivity index (χ4v) is 9.45. The molecule has 77 heavy (non-hydrogen) atoms. The highest BCUT2D eigenvalue weighted by atomic mass is 16.6. The molecular weight excluding hydrogens is 949 g/mol. The summed E-state index contributed by atoms with van der Waals surface area (Å²) in [5.41, 5.74) is 0. The zero-order valence-electron chi connectivity index (χ0n) is 51.0. The van der Waals surface area contributed by atoms with E-state index < -0.39 is 6.10 Å². The number of hydrogen-bond acceptors (Lipinski definition) is 6. The summed E-state index contributed by atoms with van der Waals surface area (Å²) in [5.74, 6) is -0.885. The minimum Gasteiger partial charge on any atom is -0.462 e. The van der Waals surface area contributed by atoms with E-state index in [1.165, 1.54) is 167 Å². The summed E-state index contributed by atoms with van der Waals surface area (Å²) in [7, 11) is 0. The topological polar surface area (TPSA) is 78.9 Å². The van der Waals surface area contributed by atoms with Gasteiger partial charge in [-0.3, -0.25) is 14.4 Å². The lowest BCUT2D eigenvalue weighted by Gasteiger charge is -2.18. The van der Waals surface area contributed by atoms with Crippen LogP contribution in [0.5, 0.6) is 0 Å². The van der Waals surface area contributed by atoms with Gasteiger partial charge in [0.15, 0.2) is 6.10 Å². The maximum absolute atomic E-state index is 12.9. The number of hydrogen-bond donors (Lipinski definition) is 0. The molecule has 0 amide bonds. The molecule has 0 heterocycles. The number of rotatable bonds is 60. The van der Waals surface area contributed by atoms with Crippen LogP contribution in [0.2, 0.25) is 0 Å². The van der Waals surface area contributed by atoms with E-state index in [2.05, 4.69) is 106 Å². The van der Waals surface area contributed by atoms with Crippen LogP contribution in [0.1, 0.15) is 329 Å². The third-order valence-electron chi connectivity index (χ3n) is 14.4. The summed E-state index contributed by atoms with van der Waals surface area (Å²) < 4.78 is 16.9. The van der Waals surface area contributed by atoms with Crippen LogP contribution in [0.15, 0.2) is 85.1 Å². The third kappa shape index (κ3) is 63.3. The Hall–Kier alpha value is -3.41. The number of unbranched alkanes of at least 4 members (excludes halogenated alkanes) is 35. The van der Waals surface area contributed by atoms with Crippen molar-refractivity contribution in [1.82, 2.24) is 0 Å². The van der Waals surface area contributed by atoms with Gasteiger partial charge in [-0.05, 0) is 89.9 Å². The summed E-state index contributed by atoms with van der Waals surface area (Å²) in [6, 6.07) is 0. The van der Waals surface area contributed by atoms with Gasteiger partial charge in [-0.15, -0.1) is 0 Å². The molecule has 1 unspecified atom stereocenters. The van der Waals surface area contributed by atoms with Crippen molar-refractivity contribution in [3.63, 3.8) is 0 Å². The molecule has 0 aromatic carbocycles. The molecule has 0 spiro atoms. The summed E-state index contributed by atoms with van der Waals surface area (Å²) in [4.78, 5) is 38.3. The van der Waals surface area contributed by atoms with Crippen molar-refractivity contribution in [3.05, 3.63) is 85.1 Å². The monoisotopic (exact) mass is 1070 g/mol. The summed E-state index contributed by atoms with van der Waals surface area (Å²) in [6.45, 7) is 6.49. The van der Waals surface area contributed by atoms with Crippen LogP contribution >= 0.6 is 0 Å². The van der Waals surface area contributed by atoms with E-state index in [9.17, 15) is 14.4 Å². The van der Waals surface area contributed by atoms with E-state index in [1.807, 2.05) is 0 Å². The molecule has 0 aliphatic heterocycles. The molecule has 444 valence electrons. The van der Waals surface area contributed by atoms with Gasteiger partial charge in [0.05, 0.1) is 0 Å². The Morgan fingerprint density at radius 3 is 0.844 bits per heavy atom. The Bertz CT molecular complexity index is 1470. The average molecular weight is 1070 g/mol. The zero-order valence-corrected chi connectivity index (χ0v) is 51.0. The standard InChI is InChI=1S/C71H124O6/c1-4-7-10-13-16-19-22-25-27-29-31-33-34-35-36-38-39-41-43-46-49-52-55-58-61-64-70(73)76-67-68(66-75-69(72)63-60-57-54-51-48-45-24-21-18-15-12-9-6-3)77-71(74)65-62-59-56-53-50-47-44-42-40-37-32-30-28-26-23-20-17-14-11-8-5-2/h7,10,12,15-16,19,21,24-25,27,31,33,35-36,68H,4-6,8-9,11,13-14,17-18,20,22-23,26,28-30,32,34,37-67H2,1-3H3/b10-7-,15-12-,19-16-,24-21-,27-25-,33-31-,36-35-. The maximum atomic E-state index is 12.9. The van der Waals surface area contributed by atoms with Crippen molar-refractivity contribution in [3.8, 4) is 0 Å². The maximum Gasteiger partial charge on any atom is 0.306 e. The zero-order chi connectivity index (χ0) is 55.7. The average Bonchev–Trinajstić information content (AvgIpc) is 3.43. The van der Waals surface area contributed by atoms with Gasteiger partial charge in [-0.2, -0.15) is 0 Å². The predicted molar refractivity (Wildman–Crippen MR) is 334 cm³/mol. The van der Waals surface area contributed by atoms with Crippen LogP contribution in [0.4, 0.5) is 0 Å². The van der Waals surface area contributed by atoms with E-state index in [0.717, 1.165) is 122 Å². The first kappa shape index (κ1) is 73.6. The van der Waals surface area contributed by atoms with Crippen LogP contribution in [-0.2, 0) is 28.6 Å². The largest absolute Gasteiger partial charge is 0.462 e. The van der Waals surface area contributed by atoms with Gasteiger partial charge >= 0.3 is 17.9 Å². The van der Waals surface area contributed by atoms with Crippen LogP contribution in [0.25, 0.3) is 0 Å². The molecule has 0 aliphatic rings. The molecule has 6 nitrogen and oxygen atoms in total. The van der Waals surface area contributed by atoms with Gasteiger partial charge in [0, 0.05) is 19.3 Å². The second-order valence-corrected chi connectivity index (χ2v) is 22.0. The predicted octanol–water partition coefficient (Wildman–Crippen LogP) is 22.7. The molecule has 1 atom stereocenters. The van der Waals surface area contributed by atoms with Crippen molar-refractivity contribution in [2.24, 2.45) is 0 Å². The van der Waals surface area contributed by atoms with Gasteiger partial charge in [0.1, 0.15) is 13.2 Å². The first-order chi connectivity index (χ1) is 38.0. The molecule has 0 radical (unpaired) electrons. The lowest BCUT2D eigenvalue weighted by Crippen LogP contribution is -2.30. The van der Waals surface area contributed by atoms with Gasteiger partial charge in [-0.1, -0.05) is 305 Å². The highest BCUT2D eigenvalue weighted by molar-refractivity contribution is 5.71. The second kappa shape index (κ2) is 65.1. The molecule has 0 aromatic rings. The van der Waals surface area contributed by atoms with Crippen LogP contribution < -0.4 is 0 Å². The second-order valence-electron chi connectivity index (χ2n) is 22.0. The molecule has 0 fully saturated rings. The van der Waals surface area contributed by atoms with E-state index in [-0.39, 0.29) is 31.1 Å². The van der Waals surface area contributed by atoms with E-state index in [0.29, 0.717) is 19.3 Å². The Morgan fingerprint density at radius 2 is 0.532 bits per heavy atom. The van der Waals surface area contributed by atoms with Crippen molar-refractivity contribution in [1.29, 1.82) is 0 Å². The van der Waals surface area contributed by atoms with Crippen molar-refractivity contribution < 1.29 is 28.6 Å². The van der Waals surface area contributed by atoms with E-state index in [1.54, 1.807) is 0 Å². The van der Waals surface area contributed by atoms with E-state index >= 15 is 0 Å². The third-order valence-corrected chi connectivity index (χ3v) is 14.4. The van der Waals surface area contributed by atoms with Crippen molar-refractivity contribution >= 4 is 17.9 Å². The van der Waals surface area contributed by atoms with Crippen molar-refractivity contribution in [2.75, 3.05) is 13.2 Å². The molecule has 6 heteroatoms. The van der Waals surface area contributed by atoms with Crippen LogP contribution in [0, 0.1) is 0 Å². The fraction of sp³-hybridized carbons (Fsp3) is 0.761. The SMILES string of the molecule is CC/C=C\C/C=C\C/C=C\C/C=C\C/C=C\CCCCCCCCCCCC(=O)OCC(COC(=O)CCCCCCC/C=C\C/C=C\CCC)OC(=O)CCCCCCCCCCCCCCCCCCCCCCC. The number of allylic oxidation sites excluding steroid dienone is 14. The molecule has 0 aromatic heterocycles. The lowest BCUT2D eigenvalue weighted by molar-refractivity contribution is -0.167. The molecule has 0 N–H and O–H groups in total. The molecule has 0 saturated carbocycles. The Balaban J connectivity index is 4.31. The quantitative estimate of drug-likeness (QED) is 0.0261. The lowest BCUT2D eigenvalue weighted by atomic mass is 10.0.